The number of benzene rings is 1. The molecule has 1 heterocycles. The highest BCUT2D eigenvalue weighted by atomic mass is 16.5. The second-order valence-electron chi connectivity index (χ2n) is 7.10. The van der Waals surface area contributed by atoms with Crippen LogP contribution in [0.1, 0.15) is 48.4 Å². The summed E-state index contributed by atoms with van der Waals surface area (Å²) >= 11 is 0. The Balaban J connectivity index is 1.99. The van der Waals surface area contributed by atoms with Crippen molar-refractivity contribution in [1.29, 1.82) is 0 Å². The molecule has 1 aliphatic heterocycles. The number of amides is 2. The lowest BCUT2D eigenvalue weighted by molar-refractivity contribution is -0.0948. The molecule has 0 bridgehead atoms. The number of carbonyl (C=O) groups excluding carboxylic acids is 2. The van der Waals surface area contributed by atoms with Crippen molar-refractivity contribution in [1.82, 2.24) is 10.2 Å². The van der Waals surface area contributed by atoms with Crippen LogP contribution < -0.4 is 11.1 Å². The fourth-order valence-electron chi connectivity index (χ4n) is 3.00. The van der Waals surface area contributed by atoms with Crippen LogP contribution in [0.25, 0.3) is 0 Å². The summed E-state index contributed by atoms with van der Waals surface area (Å²) in [6.45, 7) is 10.5. The van der Waals surface area contributed by atoms with Crippen molar-refractivity contribution >= 4 is 11.8 Å². The Bertz CT molecular complexity index is 605. The Kier molecular flexibility index (Phi) is 5.62. The average molecular weight is 333 g/mol. The highest BCUT2D eigenvalue weighted by Gasteiger charge is 2.33. The number of nitrogens with one attached hydrogen (secondary N) is 1. The highest BCUT2D eigenvalue weighted by Crippen LogP contribution is 2.20. The van der Waals surface area contributed by atoms with Crippen molar-refractivity contribution in [3.8, 4) is 0 Å². The molecule has 1 aliphatic rings. The monoisotopic (exact) mass is 333 g/mol. The molecule has 0 unspecified atom stereocenters. The third-order valence-electron chi connectivity index (χ3n) is 4.37. The van der Waals surface area contributed by atoms with Crippen molar-refractivity contribution in [3.05, 3.63) is 35.4 Å². The van der Waals surface area contributed by atoms with Crippen LogP contribution in [0, 0.1) is 0 Å². The van der Waals surface area contributed by atoms with Gasteiger partial charge in [0.05, 0.1) is 12.2 Å². The number of hydrogen-bond acceptors (Lipinski definition) is 4. The molecule has 1 aromatic carbocycles. The lowest BCUT2D eigenvalue weighted by Gasteiger charge is -2.45. The molecule has 0 radical (unpaired) electrons. The molecular weight excluding hydrogens is 306 g/mol. The van der Waals surface area contributed by atoms with Crippen molar-refractivity contribution < 1.29 is 14.3 Å². The molecule has 24 heavy (non-hydrogen) atoms. The van der Waals surface area contributed by atoms with Crippen LogP contribution in [-0.4, -0.2) is 54.1 Å². The predicted molar refractivity (Wildman–Crippen MR) is 93.0 cm³/mol. The van der Waals surface area contributed by atoms with E-state index in [0.29, 0.717) is 17.7 Å². The summed E-state index contributed by atoms with van der Waals surface area (Å²) in [6, 6.07) is 6.45. The third-order valence-corrected chi connectivity index (χ3v) is 4.37. The van der Waals surface area contributed by atoms with E-state index in [0.717, 1.165) is 13.1 Å². The van der Waals surface area contributed by atoms with Crippen molar-refractivity contribution in [2.75, 3.05) is 19.6 Å². The van der Waals surface area contributed by atoms with E-state index in [1.165, 1.54) is 6.07 Å². The number of carbonyl (C=O) groups is 2. The van der Waals surface area contributed by atoms with Crippen LogP contribution in [0.5, 0.6) is 0 Å². The lowest BCUT2D eigenvalue weighted by Crippen LogP contribution is -2.58. The first-order chi connectivity index (χ1) is 11.2. The average Bonchev–Trinajstić information content (AvgIpc) is 2.52. The number of primary amides is 1. The van der Waals surface area contributed by atoms with Crippen LogP contribution >= 0.6 is 0 Å². The van der Waals surface area contributed by atoms with E-state index in [-0.39, 0.29) is 23.7 Å². The van der Waals surface area contributed by atoms with Crippen LogP contribution in [0.4, 0.5) is 0 Å². The van der Waals surface area contributed by atoms with Crippen LogP contribution in [-0.2, 0) is 4.74 Å². The quantitative estimate of drug-likeness (QED) is 0.853. The van der Waals surface area contributed by atoms with E-state index >= 15 is 0 Å². The smallest absolute Gasteiger partial charge is 0.251 e. The van der Waals surface area contributed by atoms with Gasteiger partial charge < -0.3 is 15.8 Å². The summed E-state index contributed by atoms with van der Waals surface area (Å²) in [5.41, 5.74) is 5.84. The molecule has 3 N–H and O–H groups in total. The first-order valence-electron chi connectivity index (χ1n) is 8.27. The highest BCUT2D eigenvalue weighted by molar-refractivity contribution is 5.99. The van der Waals surface area contributed by atoms with Gasteiger partial charge in [0.15, 0.2) is 0 Å². The second-order valence-corrected chi connectivity index (χ2v) is 7.10. The number of ether oxygens (including phenoxy) is 1. The van der Waals surface area contributed by atoms with Crippen molar-refractivity contribution in [2.24, 2.45) is 5.73 Å². The summed E-state index contributed by atoms with van der Waals surface area (Å²) in [5, 5.41) is 2.96. The first-order valence-corrected chi connectivity index (χ1v) is 8.27. The van der Waals surface area contributed by atoms with Gasteiger partial charge in [-0.15, -0.1) is 0 Å². The summed E-state index contributed by atoms with van der Waals surface area (Å²) in [4.78, 5) is 25.9. The number of hydrogen-bond donors (Lipinski definition) is 2. The molecule has 2 amide bonds. The molecule has 1 fully saturated rings. The molecular formula is C18H27N3O3. The molecule has 1 aromatic rings. The molecule has 1 saturated heterocycles. The van der Waals surface area contributed by atoms with E-state index < -0.39 is 5.91 Å². The number of rotatable bonds is 5. The molecule has 0 aromatic heterocycles. The first kappa shape index (κ1) is 18.4. The van der Waals surface area contributed by atoms with Gasteiger partial charge in [0, 0.05) is 36.3 Å². The lowest BCUT2D eigenvalue weighted by atomic mass is 9.99. The van der Waals surface area contributed by atoms with Gasteiger partial charge in [0.1, 0.15) is 0 Å². The van der Waals surface area contributed by atoms with Gasteiger partial charge in [-0.3, -0.25) is 14.5 Å². The minimum Gasteiger partial charge on any atom is -0.373 e. The second kappa shape index (κ2) is 7.32. The zero-order valence-electron chi connectivity index (χ0n) is 14.8. The third kappa shape index (κ3) is 4.55. The Morgan fingerprint density at radius 2 is 1.83 bits per heavy atom. The van der Waals surface area contributed by atoms with Crippen LogP contribution in [0.3, 0.4) is 0 Å². The Morgan fingerprint density at radius 1 is 1.25 bits per heavy atom. The summed E-state index contributed by atoms with van der Waals surface area (Å²) < 4.78 is 5.77. The minimum atomic E-state index is -0.540. The van der Waals surface area contributed by atoms with Gasteiger partial charge in [0.2, 0.25) is 5.91 Å². The van der Waals surface area contributed by atoms with Crippen molar-refractivity contribution in [2.45, 2.75) is 45.4 Å². The summed E-state index contributed by atoms with van der Waals surface area (Å²) in [6.07, 6.45) is 0.354. The molecule has 0 saturated carbocycles. The molecule has 0 aliphatic carbocycles. The van der Waals surface area contributed by atoms with Gasteiger partial charge in [0.25, 0.3) is 5.91 Å². The van der Waals surface area contributed by atoms with E-state index in [1.54, 1.807) is 18.2 Å². The van der Waals surface area contributed by atoms with Gasteiger partial charge in [-0.1, -0.05) is 6.07 Å². The molecule has 132 valence electrons. The topological polar surface area (TPSA) is 84.7 Å². The zero-order valence-corrected chi connectivity index (χ0v) is 14.8. The molecule has 2 rings (SSSR count). The Labute approximate surface area is 143 Å². The zero-order chi connectivity index (χ0) is 17.9. The maximum Gasteiger partial charge on any atom is 0.251 e. The maximum atomic E-state index is 12.4. The minimum absolute atomic E-state index is 0.177. The van der Waals surface area contributed by atoms with Crippen molar-refractivity contribution in [3.63, 3.8) is 0 Å². The molecule has 6 heteroatoms. The Hall–Kier alpha value is -1.92. The fraction of sp³-hybridized carbons (Fsp3) is 0.556. The number of nitrogens with zero attached hydrogens (tertiary/aromatic N) is 1. The molecule has 0 spiro atoms. The van der Waals surface area contributed by atoms with E-state index in [9.17, 15) is 9.59 Å². The van der Waals surface area contributed by atoms with E-state index in [2.05, 4.69) is 37.9 Å². The summed E-state index contributed by atoms with van der Waals surface area (Å²) in [5.74, 6) is -0.748. The molecule has 6 nitrogen and oxygen atoms in total. The predicted octanol–water partition coefficient (Wildman–Crippen LogP) is 1.40. The normalized spacial score (nSPS) is 22.2. The van der Waals surface area contributed by atoms with Gasteiger partial charge >= 0.3 is 0 Å². The SMILES string of the molecule is C[C@@H]1CN(C(C)(C)CNC(=O)c2cccc(C(N)=O)c2)C[C@H](C)O1. The van der Waals surface area contributed by atoms with E-state index in [4.69, 9.17) is 10.5 Å². The standard InChI is InChI=1S/C18H27N3O3/c1-12-9-21(10-13(2)24-12)18(3,4)11-20-17(23)15-7-5-6-14(8-15)16(19)22/h5-8,12-13H,9-11H2,1-4H3,(H2,19,22)(H,20,23)/t12-,13+. The van der Waals surface area contributed by atoms with Crippen LogP contribution in [0.2, 0.25) is 0 Å². The maximum absolute atomic E-state index is 12.4. The van der Waals surface area contributed by atoms with E-state index in [1.807, 2.05) is 0 Å². The van der Waals surface area contributed by atoms with Crippen LogP contribution in [0.15, 0.2) is 24.3 Å². The summed E-state index contributed by atoms with van der Waals surface area (Å²) in [7, 11) is 0. The fourth-order valence-corrected chi connectivity index (χ4v) is 3.00. The van der Waals surface area contributed by atoms with Gasteiger partial charge in [-0.05, 0) is 45.9 Å². The Morgan fingerprint density at radius 3 is 2.42 bits per heavy atom. The number of morpholine rings is 1. The number of nitrogens with two attached hydrogens (primary N) is 1. The molecule has 2 atom stereocenters. The van der Waals surface area contributed by atoms with Gasteiger partial charge in [-0.25, -0.2) is 0 Å². The van der Waals surface area contributed by atoms with Gasteiger partial charge in [-0.2, -0.15) is 0 Å². The largest absolute Gasteiger partial charge is 0.373 e.